The summed E-state index contributed by atoms with van der Waals surface area (Å²) in [6, 6.07) is 3.63. The molecule has 1 aromatic rings. The van der Waals surface area contributed by atoms with E-state index < -0.39 is 22.0 Å². The lowest BCUT2D eigenvalue weighted by Crippen LogP contribution is -2.34. The lowest BCUT2D eigenvalue weighted by Gasteiger charge is -2.10. The first-order chi connectivity index (χ1) is 9.19. The molecule has 0 saturated heterocycles. The van der Waals surface area contributed by atoms with Gasteiger partial charge in [-0.1, -0.05) is 0 Å². The molecular weight excluding hydrogens is 286 g/mol. The smallest absolute Gasteiger partial charge is 0.335 e. The van der Waals surface area contributed by atoms with Crippen LogP contribution in [0.25, 0.3) is 0 Å². The molecule has 0 radical (unpaired) electrons. The minimum atomic E-state index is -3.62. The third kappa shape index (κ3) is 5.24. The van der Waals surface area contributed by atoms with Gasteiger partial charge in [0.15, 0.2) is 0 Å². The van der Waals surface area contributed by atoms with Crippen LogP contribution in [-0.2, 0) is 10.0 Å². The van der Waals surface area contributed by atoms with Crippen LogP contribution in [0.15, 0.2) is 18.2 Å². The number of carbonyl (C=O) groups excluding carboxylic acids is 1. The fraction of sp³-hybridized carbons (Fsp3) is 0.273. The molecule has 0 aliphatic carbocycles. The lowest BCUT2D eigenvalue weighted by molar-refractivity contribution is 0.0696. The Bertz CT molecular complexity index is 627. The summed E-state index contributed by atoms with van der Waals surface area (Å²) in [6.45, 7) is 1.53. The summed E-state index contributed by atoms with van der Waals surface area (Å²) in [5.74, 6) is -1.42. The molecule has 0 heterocycles. The normalized spacial score (nSPS) is 10.9. The van der Waals surface area contributed by atoms with Crippen LogP contribution in [0.2, 0.25) is 0 Å². The van der Waals surface area contributed by atoms with Gasteiger partial charge in [0, 0.05) is 12.2 Å². The van der Waals surface area contributed by atoms with Crippen molar-refractivity contribution in [3.63, 3.8) is 0 Å². The highest BCUT2D eigenvalue weighted by molar-refractivity contribution is 7.89. The van der Waals surface area contributed by atoms with Crippen LogP contribution in [0.5, 0.6) is 0 Å². The third-order valence-electron chi connectivity index (χ3n) is 2.39. The maximum atomic E-state index is 11.5. The van der Waals surface area contributed by atoms with Crippen molar-refractivity contribution in [3.05, 3.63) is 29.3 Å². The first kappa shape index (κ1) is 15.9. The Kier molecular flexibility index (Phi) is 5.06. The van der Waals surface area contributed by atoms with Crippen LogP contribution in [0.1, 0.15) is 15.9 Å². The minimum absolute atomic E-state index is 0.114. The van der Waals surface area contributed by atoms with Gasteiger partial charge in [-0.3, -0.25) is 0 Å². The number of anilines is 1. The van der Waals surface area contributed by atoms with Crippen LogP contribution in [0.4, 0.5) is 10.5 Å². The van der Waals surface area contributed by atoms with Crippen molar-refractivity contribution in [2.45, 2.75) is 6.92 Å². The number of amides is 2. The number of urea groups is 1. The van der Waals surface area contributed by atoms with Gasteiger partial charge in [-0.2, -0.15) is 0 Å². The minimum Gasteiger partial charge on any atom is -0.478 e. The van der Waals surface area contributed by atoms with E-state index in [9.17, 15) is 18.0 Å². The maximum Gasteiger partial charge on any atom is 0.335 e. The average Bonchev–Trinajstić information content (AvgIpc) is 2.29. The molecular formula is C11H15N3O5S. The van der Waals surface area contributed by atoms with Crippen LogP contribution in [0.3, 0.4) is 0 Å². The Morgan fingerprint density at radius 1 is 1.35 bits per heavy atom. The van der Waals surface area contributed by atoms with Gasteiger partial charge < -0.3 is 15.7 Å². The quantitative estimate of drug-likeness (QED) is 0.611. The number of aromatic carboxylic acids is 1. The summed E-state index contributed by atoms with van der Waals surface area (Å²) < 4.78 is 21.4. The largest absolute Gasteiger partial charge is 0.478 e. The number of carboxylic acid groups (broad SMARTS) is 1. The number of nitrogens with two attached hydrogens (primary N) is 1. The standard InChI is InChI=1S/C11H15N3O5S/c1-7-6-8(10(15)16)2-3-9(7)14-11(17)13-4-5-20(12,18)19/h2-3,6H,4-5H2,1H3,(H,15,16)(H2,12,18,19)(H2,13,14,17). The molecule has 0 unspecified atom stereocenters. The van der Waals surface area contributed by atoms with Gasteiger partial charge in [-0.05, 0) is 30.7 Å². The third-order valence-corrected chi connectivity index (χ3v) is 3.17. The van der Waals surface area contributed by atoms with E-state index in [1.807, 2.05) is 0 Å². The molecule has 8 nitrogen and oxygen atoms in total. The zero-order valence-electron chi connectivity index (χ0n) is 10.7. The number of benzene rings is 1. The first-order valence-electron chi connectivity index (χ1n) is 5.58. The second-order valence-corrected chi connectivity index (χ2v) is 5.82. The lowest BCUT2D eigenvalue weighted by atomic mass is 10.1. The maximum absolute atomic E-state index is 11.5. The van der Waals surface area contributed by atoms with E-state index in [0.29, 0.717) is 11.3 Å². The Hall–Kier alpha value is -2.13. The fourth-order valence-corrected chi connectivity index (χ4v) is 1.80. The number of sulfonamides is 1. The zero-order chi connectivity index (χ0) is 15.3. The molecule has 0 saturated carbocycles. The van der Waals surface area contributed by atoms with Gasteiger partial charge in [-0.25, -0.2) is 23.1 Å². The van der Waals surface area contributed by atoms with E-state index in [1.54, 1.807) is 6.92 Å². The molecule has 0 spiro atoms. The van der Waals surface area contributed by atoms with Crippen molar-refractivity contribution in [2.24, 2.45) is 5.14 Å². The zero-order valence-corrected chi connectivity index (χ0v) is 11.5. The van der Waals surface area contributed by atoms with E-state index in [-0.39, 0.29) is 17.9 Å². The summed E-state index contributed by atoms with van der Waals surface area (Å²) in [4.78, 5) is 22.2. The molecule has 110 valence electrons. The van der Waals surface area contributed by atoms with Gasteiger partial charge in [0.2, 0.25) is 10.0 Å². The molecule has 0 aromatic heterocycles. The van der Waals surface area contributed by atoms with Crippen LogP contribution < -0.4 is 15.8 Å². The number of hydrogen-bond donors (Lipinski definition) is 4. The van der Waals surface area contributed by atoms with Gasteiger partial charge in [0.25, 0.3) is 0 Å². The summed E-state index contributed by atoms with van der Waals surface area (Å²) >= 11 is 0. The second kappa shape index (κ2) is 6.35. The molecule has 0 bridgehead atoms. The van der Waals surface area contributed by atoms with Crippen LogP contribution in [-0.4, -0.2) is 37.8 Å². The molecule has 0 aliphatic rings. The summed E-state index contributed by atoms with van der Waals surface area (Å²) in [7, 11) is -3.62. The molecule has 20 heavy (non-hydrogen) atoms. The van der Waals surface area contributed by atoms with Crippen molar-refractivity contribution < 1.29 is 23.1 Å². The molecule has 0 atom stereocenters. The number of carbonyl (C=O) groups is 2. The van der Waals surface area contributed by atoms with Gasteiger partial charge in [0.1, 0.15) is 0 Å². The molecule has 0 fully saturated rings. The van der Waals surface area contributed by atoms with Gasteiger partial charge >= 0.3 is 12.0 Å². The molecule has 0 aliphatic heterocycles. The summed E-state index contributed by atoms with van der Waals surface area (Å²) in [5, 5.41) is 18.4. The van der Waals surface area contributed by atoms with E-state index in [2.05, 4.69) is 10.6 Å². The van der Waals surface area contributed by atoms with Crippen LogP contribution >= 0.6 is 0 Å². The van der Waals surface area contributed by atoms with Crippen molar-refractivity contribution in [3.8, 4) is 0 Å². The Morgan fingerprint density at radius 3 is 2.50 bits per heavy atom. The monoisotopic (exact) mass is 301 g/mol. The molecule has 1 rings (SSSR count). The molecule has 2 amide bonds. The Balaban J connectivity index is 2.60. The van der Waals surface area contributed by atoms with Gasteiger partial charge in [-0.15, -0.1) is 0 Å². The fourth-order valence-electron chi connectivity index (χ4n) is 1.41. The number of carboxylic acids is 1. The number of nitrogens with one attached hydrogen (secondary N) is 2. The number of hydrogen-bond acceptors (Lipinski definition) is 4. The highest BCUT2D eigenvalue weighted by Crippen LogP contribution is 2.16. The topological polar surface area (TPSA) is 139 Å². The van der Waals surface area contributed by atoms with Crippen molar-refractivity contribution in [1.82, 2.24) is 5.32 Å². The van der Waals surface area contributed by atoms with Gasteiger partial charge in [0.05, 0.1) is 11.3 Å². The molecule has 1 aromatic carbocycles. The highest BCUT2D eigenvalue weighted by atomic mass is 32.2. The SMILES string of the molecule is Cc1cc(C(=O)O)ccc1NC(=O)NCCS(N)(=O)=O. The van der Waals surface area contributed by atoms with Crippen molar-refractivity contribution in [2.75, 3.05) is 17.6 Å². The van der Waals surface area contributed by atoms with E-state index in [4.69, 9.17) is 10.2 Å². The van der Waals surface area contributed by atoms with Crippen molar-refractivity contribution in [1.29, 1.82) is 0 Å². The number of aryl methyl sites for hydroxylation is 1. The molecule has 5 N–H and O–H groups in total. The van der Waals surface area contributed by atoms with E-state index in [1.165, 1.54) is 18.2 Å². The van der Waals surface area contributed by atoms with E-state index >= 15 is 0 Å². The highest BCUT2D eigenvalue weighted by Gasteiger charge is 2.09. The number of primary sulfonamides is 1. The first-order valence-corrected chi connectivity index (χ1v) is 7.30. The van der Waals surface area contributed by atoms with E-state index in [0.717, 1.165) is 0 Å². The Morgan fingerprint density at radius 2 is 2.00 bits per heavy atom. The summed E-state index contributed by atoms with van der Waals surface area (Å²) in [6.07, 6.45) is 0. The average molecular weight is 301 g/mol. The summed E-state index contributed by atoms with van der Waals surface area (Å²) in [5.41, 5.74) is 1.12. The van der Waals surface area contributed by atoms with Crippen LogP contribution in [0, 0.1) is 6.92 Å². The van der Waals surface area contributed by atoms with Crippen molar-refractivity contribution >= 4 is 27.7 Å². The predicted molar refractivity (Wildman–Crippen MR) is 73.1 cm³/mol. The Labute approximate surface area is 116 Å². The predicted octanol–water partition coefficient (Wildman–Crippen LogP) is 0.103. The molecule has 9 heteroatoms. The second-order valence-electron chi connectivity index (χ2n) is 4.08. The number of rotatable bonds is 5.